The Morgan fingerprint density at radius 3 is 2.14 bits per heavy atom. The number of carbonyl (C=O) groups excluding carboxylic acids is 1. The van der Waals surface area contributed by atoms with Crippen LogP contribution in [0.1, 0.15) is 49.4 Å². The topological polar surface area (TPSA) is 105 Å². The Morgan fingerprint density at radius 2 is 1.61 bits per heavy atom. The first-order chi connectivity index (χ1) is 17.1. The van der Waals surface area contributed by atoms with Gasteiger partial charge in [0.15, 0.2) is 16.9 Å². The summed E-state index contributed by atoms with van der Waals surface area (Å²) in [5.74, 6) is -0.321. The van der Waals surface area contributed by atoms with Crippen LogP contribution >= 0.6 is 0 Å². The molecule has 0 bridgehead atoms. The van der Waals surface area contributed by atoms with E-state index in [-0.39, 0.29) is 0 Å². The lowest BCUT2D eigenvalue weighted by Gasteiger charge is -2.34. The molecule has 0 unspecified atom stereocenters. The summed E-state index contributed by atoms with van der Waals surface area (Å²) in [7, 11) is 4.48. The Bertz CT molecular complexity index is 1260. The van der Waals surface area contributed by atoms with Crippen molar-refractivity contribution in [2.45, 2.75) is 44.4 Å². The first-order valence-corrected chi connectivity index (χ1v) is 11.6. The molecule has 0 N–H and O–H groups in total. The highest BCUT2D eigenvalue weighted by Gasteiger charge is 2.64. The van der Waals surface area contributed by atoms with Crippen LogP contribution < -0.4 is 14.2 Å². The van der Waals surface area contributed by atoms with E-state index >= 15 is 0 Å². The molecule has 0 saturated carbocycles. The average Bonchev–Trinajstić information content (AvgIpc) is 3.18. The van der Waals surface area contributed by atoms with Crippen LogP contribution in [0.4, 0.5) is 0 Å². The van der Waals surface area contributed by atoms with Gasteiger partial charge in [-0.05, 0) is 55.7 Å². The third kappa shape index (κ3) is 3.79. The van der Waals surface area contributed by atoms with Crippen LogP contribution in [0.25, 0.3) is 6.08 Å². The minimum atomic E-state index is -1.63. The minimum Gasteiger partial charge on any atom is -0.493 e. The maximum absolute atomic E-state index is 13.8. The lowest BCUT2D eigenvalue weighted by Crippen LogP contribution is -2.41. The van der Waals surface area contributed by atoms with Gasteiger partial charge in [-0.2, -0.15) is 10.5 Å². The van der Waals surface area contributed by atoms with E-state index in [1.165, 1.54) is 21.3 Å². The summed E-state index contributed by atoms with van der Waals surface area (Å²) in [6.07, 6.45) is 3.67. The van der Waals surface area contributed by atoms with Gasteiger partial charge in [0.1, 0.15) is 11.6 Å². The number of esters is 1. The fourth-order valence-corrected chi connectivity index (χ4v) is 5.28. The third-order valence-corrected chi connectivity index (χ3v) is 6.64. The molecule has 2 aromatic carbocycles. The molecule has 2 aromatic rings. The van der Waals surface area contributed by atoms with Crippen LogP contribution in [0.3, 0.4) is 0 Å². The zero-order chi connectivity index (χ0) is 26.3. The first kappa shape index (κ1) is 24.9. The molecule has 0 aliphatic carbocycles. The first-order valence-electron chi connectivity index (χ1n) is 11.6. The maximum atomic E-state index is 13.8. The molecule has 186 valence electrons. The van der Waals surface area contributed by atoms with Gasteiger partial charge in [0, 0.05) is 12.1 Å². The molecular formula is C28H29N3O5. The van der Waals surface area contributed by atoms with Crippen molar-refractivity contribution in [3.05, 3.63) is 59.3 Å². The van der Waals surface area contributed by atoms with Crippen molar-refractivity contribution in [3.63, 3.8) is 0 Å². The van der Waals surface area contributed by atoms with E-state index in [0.717, 1.165) is 11.1 Å². The Kier molecular flexibility index (Phi) is 6.32. The van der Waals surface area contributed by atoms with E-state index in [4.69, 9.17) is 18.9 Å². The van der Waals surface area contributed by atoms with Crippen LogP contribution in [0.2, 0.25) is 0 Å². The number of methoxy groups -OCH3 is 3. The molecule has 0 radical (unpaired) electrons. The highest BCUT2D eigenvalue weighted by atomic mass is 16.6. The van der Waals surface area contributed by atoms with Crippen LogP contribution in [-0.2, 0) is 9.53 Å². The number of benzene rings is 2. The predicted molar refractivity (Wildman–Crippen MR) is 132 cm³/mol. The molecule has 1 saturated heterocycles. The number of ether oxygens (including phenoxy) is 4. The molecule has 2 aliphatic heterocycles. The van der Waals surface area contributed by atoms with Crippen molar-refractivity contribution < 1.29 is 23.7 Å². The fraction of sp³-hybridized carbons (Fsp3) is 0.393. The lowest BCUT2D eigenvalue weighted by molar-refractivity contribution is -0.160. The number of fused-ring (bicyclic) bond motifs is 3. The van der Waals surface area contributed by atoms with E-state index < -0.39 is 35.0 Å². The number of carbonyl (C=O) groups is 1. The molecule has 8 heteroatoms. The highest BCUT2D eigenvalue weighted by Crippen LogP contribution is 2.60. The summed E-state index contributed by atoms with van der Waals surface area (Å²) in [6.45, 7) is 5.36. The largest absolute Gasteiger partial charge is 0.493 e. The third-order valence-electron chi connectivity index (χ3n) is 6.64. The molecule has 3 atom stereocenters. The second kappa shape index (κ2) is 9.13. The zero-order valence-electron chi connectivity index (χ0n) is 21.2. The number of rotatable bonds is 5. The van der Waals surface area contributed by atoms with Gasteiger partial charge in [0.25, 0.3) is 0 Å². The van der Waals surface area contributed by atoms with Crippen LogP contribution in [-0.4, -0.2) is 43.8 Å². The molecule has 1 fully saturated rings. The Balaban J connectivity index is 2.02. The van der Waals surface area contributed by atoms with Crippen molar-refractivity contribution in [1.29, 1.82) is 10.5 Å². The molecule has 2 aliphatic rings. The van der Waals surface area contributed by atoms with Gasteiger partial charge in [0.2, 0.25) is 5.75 Å². The van der Waals surface area contributed by atoms with Crippen LogP contribution in [0.15, 0.2) is 42.6 Å². The van der Waals surface area contributed by atoms with Gasteiger partial charge in [-0.15, -0.1) is 0 Å². The van der Waals surface area contributed by atoms with Crippen molar-refractivity contribution in [2.24, 2.45) is 5.41 Å². The van der Waals surface area contributed by atoms with Gasteiger partial charge in [-0.25, -0.2) is 4.79 Å². The van der Waals surface area contributed by atoms with Crippen LogP contribution in [0, 0.1) is 28.1 Å². The average molecular weight is 488 g/mol. The Labute approximate surface area is 211 Å². The van der Waals surface area contributed by atoms with Crippen molar-refractivity contribution in [1.82, 2.24) is 4.90 Å². The summed E-state index contributed by atoms with van der Waals surface area (Å²) < 4.78 is 22.4. The van der Waals surface area contributed by atoms with E-state index in [1.54, 1.807) is 44.0 Å². The lowest BCUT2D eigenvalue weighted by atomic mass is 9.68. The number of nitrogens with zero attached hydrogens (tertiary/aromatic N) is 3. The van der Waals surface area contributed by atoms with Crippen molar-refractivity contribution in [2.75, 3.05) is 21.3 Å². The molecule has 4 rings (SSSR count). The quantitative estimate of drug-likeness (QED) is 0.565. The standard InChI is InChI=1S/C28H29N3O5/c1-27(2,3)36-26(32)23-22(18-13-20(33-4)24(35-6)21(14-18)34-5)28(15-29,16-30)25-19-10-8-7-9-17(19)11-12-31(23)25/h7-14,22-23,25H,1-6H3/t22-,23-,25-/m1/s1. The molecule has 0 aromatic heterocycles. The Morgan fingerprint density at radius 1 is 1.00 bits per heavy atom. The number of hydrogen-bond acceptors (Lipinski definition) is 8. The zero-order valence-corrected chi connectivity index (χ0v) is 21.2. The summed E-state index contributed by atoms with van der Waals surface area (Å²) in [5, 5.41) is 21.3. The van der Waals surface area contributed by atoms with Crippen molar-refractivity contribution >= 4 is 12.0 Å². The van der Waals surface area contributed by atoms with E-state index in [9.17, 15) is 15.3 Å². The summed E-state index contributed by atoms with van der Waals surface area (Å²) in [6, 6.07) is 13.9. The summed E-state index contributed by atoms with van der Waals surface area (Å²) >= 11 is 0. The molecule has 36 heavy (non-hydrogen) atoms. The smallest absolute Gasteiger partial charge is 0.330 e. The second-order valence-corrected chi connectivity index (χ2v) is 9.80. The minimum absolute atomic E-state index is 0.361. The van der Waals surface area contributed by atoms with Gasteiger partial charge < -0.3 is 23.8 Å². The second-order valence-electron chi connectivity index (χ2n) is 9.80. The van der Waals surface area contributed by atoms with Gasteiger partial charge in [0.05, 0.1) is 39.5 Å². The molecule has 0 amide bonds. The summed E-state index contributed by atoms with van der Waals surface area (Å²) in [4.78, 5) is 15.5. The normalized spacial score (nSPS) is 21.4. The van der Waals surface area contributed by atoms with E-state index in [2.05, 4.69) is 12.1 Å². The van der Waals surface area contributed by atoms with Crippen LogP contribution in [0.5, 0.6) is 17.2 Å². The van der Waals surface area contributed by atoms with Gasteiger partial charge >= 0.3 is 5.97 Å². The molecule has 0 spiro atoms. The number of hydrogen-bond donors (Lipinski definition) is 0. The highest BCUT2D eigenvalue weighted by molar-refractivity contribution is 5.81. The van der Waals surface area contributed by atoms with Crippen molar-refractivity contribution in [3.8, 4) is 29.4 Å². The van der Waals surface area contributed by atoms with Gasteiger partial charge in [-0.1, -0.05) is 24.3 Å². The predicted octanol–water partition coefficient (Wildman–Crippen LogP) is 4.58. The van der Waals surface area contributed by atoms with Gasteiger partial charge in [-0.3, -0.25) is 0 Å². The molecule has 8 nitrogen and oxygen atoms in total. The van der Waals surface area contributed by atoms with E-state index in [0.29, 0.717) is 22.8 Å². The molecule has 2 heterocycles. The fourth-order valence-electron chi connectivity index (χ4n) is 5.28. The maximum Gasteiger partial charge on any atom is 0.330 e. The Hall–Kier alpha value is -4.17. The molecular weight excluding hydrogens is 458 g/mol. The summed E-state index contributed by atoms with van der Waals surface area (Å²) in [5.41, 5.74) is -0.182. The number of nitriles is 2. The monoisotopic (exact) mass is 487 g/mol. The SMILES string of the molecule is COc1cc([C@@H]2[C@H](C(=O)OC(C)(C)C)N3C=Cc4ccccc4[C@@H]3C2(C#N)C#N)cc(OC)c1OC. The van der Waals surface area contributed by atoms with E-state index in [1.807, 2.05) is 30.3 Å².